The molecule has 11 heteroatoms. The number of ether oxygens (including phenoxy) is 1. The first-order chi connectivity index (χ1) is 19.9. The Labute approximate surface area is 242 Å². The molecule has 0 radical (unpaired) electrons. The molecular formula is C30H23ClN4O5S. The second-order valence-electron chi connectivity index (χ2n) is 9.17. The summed E-state index contributed by atoms with van der Waals surface area (Å²) in [6.07, 6.45) is -0.786. The number of phenols is 1. The van der Waals surface area contributed by atoms with Crippen molar-refractivity contribution in [1.29, 1.82) is 0 Å². The van der Waals surface area contributed by atoms with Gasteiger partial charge in [-0.1, -0.05) is 35.9 Å². The maximum absolute atomic E-state index is 12.8. The summed E-state index contributed by atoms with van der Waals surface area (Å²) in [5, 5.41) is 16.1. The largest absolute Gasteiger partial charge is 0.508 e. The van der Waals surface area contributed by atoms with Crippen molar-refractivity contribution in [3.63, 3.8) is 0 Å². The Morgan fingerprint density at radius 2 is 1.66 bits per heavy atom. The molecule has 0 spiro atoms. The molecule has 1 amide bonds. The van der Waals surface area contributed by atoms with Crippen LogP contribution in [0.3, 0.4) is 0 Å². The molecule has 0 aliphatic rings. The van der Waals surface area contributed by atoms with Crippen LogP contribution in [-0.2, 0) is 15.9 Å². The lowest BCUT2D eigenvalue weighted by atomic mass is 10.1. The molecule has 3 N–H and O–H groups in total. The molecule has 2 heterocycles. The van der Waals surface area contributed by atoms with Crippen LogP contribution in [0.5, 0.6) is 17.2 Å². The van der Waals surface area contributed by atoms with Gasteiger partial charge < -0.3 is 19.3 Å². The highest BCUT2D eigenvalue weighted by atomic mass is 35.5. The zero-order valence-electron chi connectivity index (χ0n) is 21.6. The van der Waals surface area contributed by atoms with Gasteiger partial charge in [-0.2, -0.15) is 0 Å². The van der Waals surface area contributed by atoms with E-state index in [4.69, 9.17) is 20.5 Å². The zero-order valence-corrected chi connectivity index (χ0v) is 23.1. The number of halogens is 1. The number of H-pyrrole nitrogens is 1. The van der Waals surface area contributed by atoms with Crippen molar-refractivity contribution in [2.45, 2.75) is 17.9 Å². The fraction of sp³-hybridized carbons (Fsp3) is 0.0667. The minimum atomic E-state index is -1.74. The fourth-order valence-corrected chi connectivity index (χ4v) is 5.26. The van der Waals surface area contributed by atoms with Gasteiger partial charge in [0.1, 0.15) is 22.3 Å². The van der Waals surface area contributed by atoms with E-state index in [2.05, 4.69) is 15.4 Å². The zero-order chi connectivity index (χ0) is 28.5. The van der Waals surface area contributed by atoms with E-state index in [1.165, 1.54) is 24.3 Å². The number of hydrogen-bond donors (Lipinski definition) is 3. The summed E-state index contributed by atoms with van der Waals surface area (Å²) < 4.78 is 25.4. The van der Waals surface area contributed by atoms with E-state index in [0.717, 1.165) is 22.3 Å². The number of rotatable bonds is 8. The normalized spacial score (nSPS) is 12.7. The van der Waals surface area contributed by atoms with Crippen molar-refractivity contribution in [2.24, 2.45) is 0 Å². The molecule has 0 bridgehead atoms. The monoisotopic (exact) mass is 586 g/mol. The molecule has 0 aliphatic heterocycles. The number of fused-ring (bicyclic) bond motifs is 3. The van der Waals surface area contributed by atoms with E-state index in [1.807, 2.05) is 40.9 Å². The molecule has 2 unspecified atom stereocenters. The molecule has 4 aromatic carbocycles. The van der Waals surface area contributed by atoms with Crippen LogP contribution < -0.4 is 14.2 Å². The van der Waals surface area contributed by atoms with Crippen molar-refractivity contribution < 1.29 is 23.0 Å². The molecular weight excluding hydrogens is 564 g/mol. The smallest absolute Gasteiger partial charge is 0.265 e. The molecule has 6 rings (SSSR count). The van der Waals surface area contributed by atoms with E-state index in [-0.39, 0.29) is 11.7 Å². The number of amides is 1. The lowest BCUT2D eigenvalue weighted by Gasteiger charge is -2.15. The van der Waals surface area contributed by atoms with Gasteiger partial charge in [0.2, 0.25) is 11.1 Å². The molecule has 41 heavy (non-hydrogen) atoms. The van der Waals surface area contributed by atoms with Crippen molar-refractivity contribution in [3.05, 3.63) is 102 Å². The predicted octanol–water partition coefficient (Wildman–Crippen LogP) is 6.35. The standard InChI is InChI=1S/C30H23ClN4O5S/c1-18(39-22-12-14-23(15-13-22)40-41(38)24-16-10-21(36)11-17-24)30(37)32-20-8-6-19(7-9-20)28-27(31)29-33-25-4-2-3-5-26(25)35(29)34-28/h2-18,34,36H,1H3,(H,32,37). The Hall–Kier alpha value is -4.80. The minimum absolute atomic E-state index is 0.0780. The summed E-state index contributed by atoms with van der Waals surface area (Å²) in [5.74, 6) is 0.568. The van der Waals surface area contributed by atoms with Crippen LogP contribution in [0, 0.1) is 0 Å². The number of nitrogens with one attached hydrogen (secondary N) is 2. The van der Waals surface area contributed by atoms with Crippen molar-refractivity contribution in [3.8, 4) is 28.5 Å². The Morgan fingerprint density at radius 1 is 0.976 bits per heavy atom. The van der Waals surface area contributed by atoms with Crippen LogP contribution in [0.25, 0.3) is 27.9 Å². The van der Waals surface area contributed by atoms with E-state index in [0.29, 0.717) is 32.8 Å². The maximum Gasteiger partial charge on any atom is 0.265 e. The number of phenolic OH excluding ortho intramolecular Hbond substituents is 1. The minimum Gasteiger partial charge on any atom is -0.508 e. The molecule has 2 atom stereocenters. The van der Waals surface area contributed by atoms with Gasteiger partial charge in [-0.25, -0.2) is 13.7 Å². The number of benzene rings is 4. The topological polar surface area (TPSA) is 118 Å². The molecule has 0 saturated carbocycles. The summed E-state index contributed by atoms with van der Waals surface area (Å²) >= 11 is 4.90. The van der Waals surface area contributed by atoms with Gasteiger partial charge in [0.15, 0.2) is 11.8 Å². The summed E-state index contributed by atoms with van der Waals surface area (Å²) in [5.41, 5.74) is 4.62. The first-order valence-corrected chi connectivity index (χ1v) is 14.0. The number of imidazole rings is 1. The van der Waals surface area contributed by atoms with Gasteiger partial charge in [-0.3, -0.25) is 9.89 Å². The summed E-state index contributed by atoms with van der Waals surface area (Å²) in [4.78, 5) is 17.8. The highest BCUT2D eigenvalue weighted by Gasteiger charge is 2.18. The van der Waals surface area contributed by atoms with Crippen LogP contribution in [0.1, 0.15) is 6.92 Å². The number of nitrogens with zero attached hydrogens (tertiary/aromatic N) is 2. The number of carbonyl (C=O) groups is 1. The molecule has 206 valence electrons. The Morgan fingerprint density at radius 3 is 2.39 bits per heavy atom. The summed E-state index contributed by atoms with van der Waals surface area (Å²) in [7, 11) is 0. The predicted molar refractivity (Wildman–Crippen MR) is 158 cm³/mol. The average Bonchev–Trinajstić information content (AvgIpc) is 3.51. The fourth-order valence-electron chi connectivity index (χ4n) is 4.24. The number of aromatic nitrogens is 3. The highest BCUT2D eigenvalue weighted by molar-refractivity contribution is 7.80. The third kappa shape index (κ3) is 5.47. The third-order valence-corrected chi connectivity index (χ3v) is 7.71. The maximum atomic E-state index is 12.8. The lowest BCUT2D eigenvalue weighted by Crippen LogP contribution is -2.30. The van der Waals surface area contributed by atoms with E-state index in [1.54, 1.807) is 43.3 Å². The van der Waals surface area contributed by atoms with Crippen LogP contribution in [0.15, 0.2) is 102 Å². The molecule has 6 aromatic rings. The SMILES string of the molecule is CC(Oc1ccc(OS(=O)c2ccc(O)cc2)cc1)C(=O)Nc1ccc(-c2[nH]n3c(nc4ccccc43)c2Cl)cc1. The lowest BCUT2D eigenvalue weighted by molar-refractivity contribution is -0.122. The number of anilines is 1. The first kappa shape index (κ1) is 26.4. The molecule has 0 aliphatic carbocycles. The van der Waals surface area contributed by atoms with E-state index in [9.17, 15) is 14.1 Å². The molecule has 2 aromatic heterocycles. The van der Waals surface area contributed by atoms with Gasteiger partial charge in [0, 0.05) is 11.3 Å². The Balaban J connectivity index is 1.07. The van der Waals surface area contributed by atoms with Crippen molar-refractivity contribution in [1.82, 2.24) is 14.6 Å². The van der Waals surface area contributed by atoms with Gasteiger partial charge in [0.05, 0.1) is 21.6 Å². The van der Waals surface area contributed by atoms with Gasteiger partial charge in [-0.05, 0) is 79.7 Å². The third-order valence-electron chi connectivity index (χ3n) is 6.35. The van der Waals surface area contributed by atoms with Crippen LogP contribution in [0.4, 0.5) is 5.69 Å². The van der Waals surface area contributed by atoms with Crippen LogP contribution >= 0.6 is 11.6 Å². The average molecular weight is 587 g/mol. The quantitative estimate of drug-likeness (QED) is 0.191. The van der Waals surface area contributed by atoms with Crippen molar-refractivity contribution >= 4 is 51.0 Å². The van der Waals surface area contributed by atoms with Crippen LogP contribution in [-0.4, -0.2) is 35.9 Å². The second-order valence-corrected chi connectivity index (χ2v) is 10.7. The highest BCUT2D eigenvalue weighted by Crippen LogP contribution is 2.33. The number of carbonyl (C=O) groups excluding carboxylic acids is 1. The molecule has 0 saturated heterocycles. The van der Waals surface area contributed by atoms with Gasteiger partial charge in [-0.15, -0.1) is 0 Å². The Bertz CT molecular complexity index is 1880. The van der Waals surface area contributed by atoms with Gasteiger partial charge >= 0.3 is 0 Å². The molecule has 9 nitrogen and oxygen atoms in total. The summed E-state index contributed by atoms with van der Waals surface area (Å²) in [6, 6.07) is 27.5. The van der Waals surface area contributed by atoms with E-state index < -0.39 is 17.2 Å². The van der Waals surface area contributed by atoms with Crippen molar-refractivity contribution in [2.75, 3.05) is 5.32 Å². The van der Waals surface area contributed by atoms with E-state index >= 15 is 0 Å². The molecule has 0 fully saturated rings. The number of aromatic amines is 1. The number of aromatic hydroxyl groups is 1. The van der Waals surface area contributed by atoms with Gasteiger partial charge in [0.25, 0.3) is 5.91 Å². The first-order valence-electron chi connectivity index (χ1n) is 12.6. The number of para-hydroxylation sites is 2. The Kier molecular flexibility index (Phi) is 7.08. The second kappa shape index (κ2) is 11.0. The summed E-state index contributed by atoms with van der Waals surface area (Å²) in [6.45, 7) is 1.65. The van der Waals surface area contributed by atoms with Crippen LogP contribution in [0.2, 0.25) is 5.02 Å². The number of hydrogen-bond acceptors (Lipinski definition) is 6.